The Hall–Kier alpha value is -2.38. The zero-order valence-electron chi connectivity index (χ0n) is 12.0. The summed E-state index contributed by atoms with van der Waals surface area (Å²) in [6.07, 6.45) is 0. The molecule has 3 N–H and O–H groups in total. The molecule has 3 aromatic rings. The van der Waals surface area contributed by atoms with E-state index in [2.05, 4.69) is 10.3 Å². The number of rotatable bonds is 4. The SMILES string of the molecule is Cn1c(CNc2ccc(S(N)(=O)=O)cc2)nc2ccccc21. The fourth-order valence-electron chi connectivity index (χ4n) is 2.30. The number of hydrogen-bond donors (Lipinski definition) is 2. The van der Waals surface area contributed by atoms with Crippen LogP contribution in [-0.2, 0) is 23.6 Å². The van der Waals surface area contributed by atoms with Gasteiger partial charge in [0.15, 0.2) is 0 Å². The highest BCUT2D eigenvalue weighted by Gasteiger charge is 2.08. The van der Waals surface area contributed by atoms with Crippen LogP contribution in [0, 0.1) is 0 Å². The molecule has 0 radical (unpaired) electrons. The minimum Gasteiger partial charge on any atom is -0.378 e. The number of para-hydroxylation sites is 2. The molecule has 114 valence electrons. The smallest absolute Gasteiger partial charge is 0.238 e. The van der Waals surface area contributed by atoms with E-state index in [-0.39, 0.29) is 4.90 Å². The fourth-order valence-corrected chi connectivity index (χ4v) is 2.81. The Morgan fingerprint density at radius 2 is 1.82 bits per heavy atom. The summed E-state index contributed by atoms with van der Waals surface area (Å²) in [7, 11) is -1.69. The Balaban J connectivity index is 1.78. The zero-order valence-corrected chi connectivity index (χ0v) is 12.8. The highest BCUT2D eigenvalue weighted by atomic mass is 32.2. The third-order valence-corrected chi connectivity index (χ3v) is 4.44. The maximum absolute atomic E-state index is 11.2. The van der Waals surface area contributed by atoms with Gasteiger partial charge in [0, 0.05) is 12.7 Å². The Labute approximate surface area is 128 Å². The van der Waals surface area contributed by atoms with E-state index in [1.54, 1.807) is 12.1 Å². The first-order valence-electron chi connectivity index (χ1n) is 6.72. The molecule has 6 nitrogen and oxygen atoms in total. The molecule has 0 aliphatic heterocycles. The van der Waals surface area contributed by atoms with Crippen LogP contribution in [0.5, 0.6) is 0 Å². The van der Waals surface area contributed by atoms with Gasteiger partial charge in [-0.2, -0.15) is 0 Å². The van der Waals surface area contributed by atoms with E-state index in [9.17, 15) is 8.42 Å². The summed E-state index contributed by atoms with van der Waals surface area (Å²) in [4.78, 5) is 4.67. The normalized spacial score (nSPS) is 11.7. The van der Waals surface area contributed by atoms with Crippen molar-refractivity contribution < 1.29 is 8.42 Å². The first-order chi connectivity index (χ1) is 10.4. The topological polar surface area (TPSA) is 90.0 Å². The highest BCUT2D eigenvalue weighted by Crippen LogP contribution is 2.17. The summed E-state index contributed by atoms with van der Waals surface area (Å²) < 4.78 is 24.5. The molecule has 0 fully saturated rings. The molecule has 0 spiro atoms. The van der Waals surface area contributed by atoms with E-state index in [1.165, 1.54) is 12.1 Å². The standard InChI is InChI=1S/C15H16N4O2S/c1-19-14-5-3-2-4-13(14)18-15(19)10-17-11-6-8-12(9-7-11)22(16,20)21/h2-9,17H,10H2,1H3,(H2,16,20,21). The van der Waals surface area contributed by atoms with E-state index in [0.717, 1.165) is 22.5 Å². The molecule has 0 aliphatic carbocycles. The third kappa shape index (κ3) is 2.81. The number of primary sulfonamides is 1. The number of sulfonamides is 1. The lowest BCUT2D eigenvalue weighted by Crippen LogP contribution is -2.12. The molecule has 2 aromatic carbocycles. The summed E-state index contributed by atoms with van der Waals surface area (Å²) in [5.41, 5.74) is 2.83. The van der Waals surface area contributed by atoms with Crippen molar-refractivity contribution in [1.82, 2.24) is 9.55 Å². The number of anilines is 1. The number of nitrogens with one attached hydrogen (secondary N) is 1. The first-order valence-corrected chi connectivity index (χ1v) is 8.27. The quantitative estimate of drug-likeness (QED) is 0.768. The Bertz CT molecular complexity index is 914. The second-order valence-electron chi connectivity index (χ2n) is 5.00. The van der Waals surface area contributed by atoms with Crippen molar-refractivity contribution in [1.29, 1.82) is 0 Å². The van der Waals surface area contributed by atoms with Crippen molar-refractivity contribution in [3.05, 3.63) is 54.4 Å². The molecule has 1 heterocycles. The number of nitrogens with zero attached hydrogens (tertiary/aromatic N) is 2. The number of nitrogens with two attached hydrogens (primary N) is 1. The van der Waals surface area contributed by atoms with Crippen LogP contribution in [-0.4, -0.2) is 18.0 Å². The molecule has 22 heavy (non-hydrogen) atoms. The third-order valence-electron chi connectivity index (χ3n) is 3.51. The number of hydrogen-bond acceptors (Lipinski definition) is 4. The molecule has 0 atom stereocenters. The lowest BCUT2D eigenvalue weighted by Gasteiger charge is -2.07. The average molecular weight is 316 g/mol. The van der Waals surface area contributed by atoms with E-state index in [4.69, 9.17) is 5.14 Å². The number of imidazole rings is 1. The lowest BCUT2D eigenvalue weighted by molar-refractivity contribution is 0.598. The van der Waals surface area contributed by atoms with Gasteiger partial charge in [-0.05, 0) is 36.4 Å². The van der Waals surface area contributed by atoms with Crippen molar-refractivity contribution in [2.45, 2.75) is 11.4 Å². The van der Waals surface area contributed by atoms with Crippen LogP contribution in [0.15, 0.2) is 53.4 Å². The zero-order chi connectivity index (χ0) is 15.7. The van der Waals surface area contributed by atoms with Crippen molar-refractivity contribution in [3.63, 3.8) is 0 Å². The van der Waals surface area contributed by atoms with Crippen LogP contribution in [0.4, 0.5) is 5.69 Å². The van der Waals surface area contributed by atoms with E-state index in [0.29, 0.717) is 6.54 Å². The van der Waals surface area contributed by atoms with Crippen LogP contribution < -0.4 is 10.5 Å². The summed E-state index contributed by atoms with van der Waals surface area (Å²) in [6.45, 7) is 0.542. The van der Waals surface area contributed by atoms with Crippen LogP contribution in [0.25, 0.3) is 11.0 Å². The molecule has 7 heteroatoms. The summed E-state index contributed by atoms with van der Waals surface area (Å²) in [6, 6.07) is 14.3. The van der Waals surface area contributed by atoms with Crippen LogP contribution in [0.2, 0.25) is 0 Å². The maximum Gasteiger partial charge on any atom is 0.238 e. The van der Waals surface area contributed by atoms with Gasteiger partial charge in [-0.25, -0.2) is 18.5 Å². The predicted octanol–water partition coefficient (Wildman–Crippen LogP) is 1.83. The molecular formula is C15H16N4O2S. The first kappa shape index (κ1) is 14.6. The number of fused-ring (bicyclic) bond motifs is 1. The maximum atomic E-state index is 11.2. The molecular weight excluding hydrogens is 300 g/mol. The van der Waals surface area contributed by atoms with Gasteiger partial charge in [-0.1, -0.05) is 12.1 Å². The second-order valence-corrected chi connectivity index (χ2v) is 6.56. The van der Waals surface area contributed by atoms with Crippen molar-refractivity contribution >= 4 is 26.7 Å². The molecule has 0 saturated heterocycles. The van der Waals surface area contributed by atoms with Gasteiger partial charge in [-0.3, -0.25) is 0 Å². The Kier molecular flexibility index (Phi) is 3.59. The van der Waals surface area contributed by atoms with Gasteiger partial charge in [-0.15, -0.1) is 0 Å². The highest BCUT2D eigenvalue weighted by molar-refractivity contribution is 7.89. The largest absolute Gasteiger partial charge is 0.378 e. The minimum atomic E-state index is -3.65. The number of aryl methyl sites for hydroxylation is 1. The number of benzene rings is 2. The van der Waals surface area contributed by atoms with Crippen LogP contribution in [0.3, 0.4) is 0 Å². The van der Waals surface area contributed by atoms with Crippen molar-refractivity contribution in [2.75, 3.05) is 5.32 Å². The molecule has 0 bridgehead atoms. The molecule has 0 unspecified atom stereocenters. The molecule has 0 saturated carbocycles. The Morgan fingerprint density at radius 3 is 2.45 bits per heavy atom. The van der Waals surface area contributed by atoms with Gasteiger partial charge in [0.25, 0.3) is 0 Å². The Morgan fingerprint density at radius 1 is 1.14 bits per heavy atom. The molecule has 1 aromatic heterocycles. The fraction of sp³-hybridized carbons (Fsp3) is 0.133. The number of aromatic nitrogens is 2. The van der Waals surface area contributed by atoms with Crippen LogP contribution in [0.1, 0.15) is 5.82 Å². The predicted molar refractivity (Wildman–Crippen MR) is 85.9 cm³/mol. The average Bonchev–Trinajstić information content (AvgIpc) is 2.82. The van der Waals surface area contributed by atoms with E-state index < -0.39 is 10.0 Å². The second kappa shape index (κ2) is 5.43. The summed E-state index contributed by atoms with van der Waals surface area (Å²) in [5, 5.41) is 8.30. The lowest BCUT2D eigenvalue weighted by atomic mass is 10.3. The van der Waals surface area contributed by atoms with Gasteiger partial charge in [0.05, 0.1) is 22.5 Å². The monoisotopic (exact) mass is 316 g/mol. The van der Waals surface area contributed by atoms with Crippen LogP contribution >= 0.6 is 0 Å². The van der Waals surface area contributed by atoms with Gasteiger partial charge in [0.1, 0.15) is 5.82 Å². The minimum absolute atomic E-state index is 0.0979. The molecule has 3 rings (SSSR count). The summed E-state index contributed by atoms with van der Waals surface area (Å²) >= 11 is 0. The van der Waals surface area contributed by atoms with Gasteiger partial charge >= 0.3 is 0 Å². The van der Waals surface area contributed by atoms with Crippen molar-refractivity contribution in [2.24, 2.45) is 12.2 Å². The molecule has 0 amide bonds. The molecule has 0 aliphatic rings. The van der Waals surface area contributed by atoms with Gasteiger partial charge in [0.2, 0.25) is 10.0 Å². The van der Waals surface area contributed by atoms with Gasteiger partial charge < -0.3 is 9.88 Å². The van der Waals surface area contributed by atoms with Crippen molar-refractivity contribution in [3.8, 4) is 0 Å². The summed E-state index contributed by atoms with van der Waals surface area (Å²) in [5.74, 6) is 0.900. The van der Waals surface area contributed by atoms with E-state index >= 15 is 0 Å². The van der Waals surface area contributed by atoms with E-state index in [1.807, 2.05) is 35.9 Å².